The first-order valence-corrected chi connectivity index (χ1v) is 14.0. The molecule has 2 aliphatic rings. The first-order chi connectivity index (χ1) is 20.1. The van der Waals surface area contributed by atoms with Crippen LogP contribution in [0.4, 0.5) is 13.2 Å². The van der Waals surface area contributed by atoms with Gasteiger partial charge in [-0.15, -0.1) is 0 Å². The van der Waals surface area contributed by atoms with Gasteiger partial charge in [-0.2, -0.15) is 18.3 Å². The second-order valence-electron chi connectivity index (χ2n) is 11.1. The van der Waals surface area contributed by atoms with Crippen LogP contribution >= 0.6 is 0 Å². The Kier molecular flexibility index (Phi) is 7.20. The molecule has 0 spiro atoms. The van der Waals surface area contributed by atoms with Crippen LogP contribution in [0.3, 0.4) is 0 Å². The van der Waals surface area contributed by atoms with Crippen molar-refractivity contribution in [3.63, 3.8) is 0 Å². The summed E-state index contributed by atoms with van der Waals surface area (Å²) in [7, 11) is 1.36. The highest BCUT2D eigenvalue weighted by Crippen LogP contribution is 2.47. The number of hydrogen-bond donors (Lipinski definition) is 0. The molecule has 0 saturated carbocycles. The Morgan fingerprint density at radius 1 is 1.07 bits per heavy atom. The zero-order valence-corrected chi connectivity index (χ0v) is 23.6. The van der Waals surface area contributed by atoms with Crippen LogP contribution in [0.1, 0.15) is 72.6 Å². The number of carbonyl (C=O) groups excluding carboxylic acids is 1. The van der Waals surface area contributed by atoms with Crippen molar-refractivity contribution in [2.75, 3.05) is 13.7 Å². The number of carbonyl (C=O) groups is 1. The molecule has 0 amide bonds. The minimum Gasteiger partial charge on any atom is -0.492 e. The molecular formula is C33H31F3N2O4. The summed E-state index contributed by atoms with van der Waals surface area (Å²) in [4.78, 5) is 11.7. The first-order valence-electron chi connectivity index (χ1n) is 14.0. The van der Waals surface area contributed by atoms with Gasteiger partial charge in [0.25, 0.3) is 0 Å². The van der Waals surface area contributed by atoms with Gasteiger partial charge in [-0.3, -0.25) is 4.79 Å². The highest BCUT2D eigenvalue weighted by atomic mass is 19.4. The van der Waals surface area contributed by atoms with E-state index in [9.17, 15) is 18.0 Å². The summed E-state index contributed by atoms with van der Waals surface area (Å²) < 4.78 is 61.4. The van der Waals surface area contributed by atoms with Crippen LogP contribution in [0, 0.1) is 0 Å². The van der Waals surface area contributed by atoms with E-state index >= 15 is 0 Å². The van der Waals surface area contributed by atoms with Crippen LogP contribution in [0.5, 0.6) is 11.5 Å². The van der Waals surface area contributed by atoms with Gasteiger partial charge in [0.2, 0.25) is 0 Å². The number of hydrogen-bond acceptors (Lipinski definition) is 5. The Hall–Kier alpha value is -4.27. The predicted molar refractivity (Wildman–Crippen MR) is 151 cm³/mol. The molecule has 0 fully saturated rings. The summed E-state index contributed by atoms with van der Waals surface area (Å²) >= 11 is 0. The third-order valence-electron chi connectivity index (χ3n) is 8.06. The van der Waals surface area contributed by atoms with Gasteiger partial charge in [0, 0.05) is 23.7 Å². The molecule has 1 aromatic heterocycles. The van der Waals surface area contributed by atoms with Crippen molar-refractivity contribution >= 4 is 5.97 Å². The lowest BCUT2D eigenvalue weighted by Gasteiger charge is -2.20. The van der Waals surface area contributed by atoms with Gasteiger partial charge in [-0.1, -0.05) is 38.1 Å². The lowest BCUT2D eigenvalue weighted by atomic mass is 9.91. The van der Waals surface area contributed by atoms with Gasteiger partial charge in [-0.05, 0) is 71.3 Å². The van der Waals surface area contributed by atoms with E-state index in [0.29, 0.717) is 42.1 Å². The number of methoxy groups -OCH3 is 1. The van der Waals surface area contributed by atoms with E-state index in [1.165, 1.54) is 7.11 Å². The summed E-state index contributed by atoms with van der Waals surface area (Å²) in [6.45, 7) is 4.49. The third kappa shape index (κ3) is 5.24. The van der Waals surface area contributed by atoms with Gasteiger partial charge in [-0.25, -0.2) is 4.68 Å². The second-order valence-corrected chi connectivity index (χ2v) is 11.1. The van der Waals surface area contributed by atoms with Crippen molar-refractivity contribution in [2.24, 2.45) is 0 Å². The summed E-state index contributed by atoms with van der Waals surface area (Å²) in [6.07, 6.45) is -1.81. The maximum Gasteiger partial charge on any atom is 0.417 e. The number of aromatic nitrogens is 2. The van der Waals surface area contributed by atoms with Crippen molar-refractivity contribution in [3.05, 3.63) is 94.8 Å². The maximum atomic E-state index is 14.2. The Labute approximate surface area is 242 Å². The monoisotopic (exact) mass is 576 g/mol. The van der Waals surface area contributed by atoms with Crippen molar-refractivity contribution < 1.29 is 32.2 Å². The molecule has 9 heteroatoms. The van der Waals surface area contributed by atoms with Crippen LogP contribution in [0.15, 0.2) is 66.9 Å². The van der Waals surface area contributed by atoms with Gasteiger partial charge >= 0.3 is 12.1 Å². The standard InChI is InChI=1S/C33H31F3N2O4/c1-19(2)28-14-15-38(37-28)22-6-4-20(5-7-22)32-26-11-13-29(25(26)10-12-27(32)33(34,35)36)42-23-8-9-24-21(16-31(39)40-3)18-41-30(24)17-23/h4-10,12,14-15,17,19,21,29H,11,13,16,18H2,1-3H3. The Morgan fingerprint density at radius 2 is 1.83 bits per heavy atom. The van der Waals surface area contributed by atoms with Crippen molar-refractivity contribution in [1.82, 2.24) is 9.78 Å². The summed E-state index contributed by atoms with van der Waals surface area (Å²) in [6, 6.07) is 17.2. The number of halogens is 3. The number of alkyl halides is 3. The molecular weight excluding hydrogens is 545 g/mol. The number of nitrogens with zero attached hydrogens (tertiary/aromatic N) is 2. The Balaban J connectivity index is 1.29. The Bertz CT molecular complexity index is 1630. The fourth-order valence-electron chi connectivity index (χ4n) is 5.87. The number of benzene rings is 3. The van der Waals surface area contributed by atoms with E-state index in [1.807, 2.05) is 24.4 Å². The zero-order chi connectivity index (χ0) is 29.6. The van der Waals surface area contributed by atoms with Crippen molar-refractivity contribution in [3.8, 4) is 28.3 Å². The molecule has 42 heavy (non-hydrogen) atoms. The molecule has 2 unspecified atom stereocenters. The van der Waals surface area contributed by atoms with Gasteiger partial charge < -0.3 is 14.2 Å². The van der Waals surface area contributed by atoms with Gasteiger partial charge in [0.05, 0.1) is 37.1 Å². The molecule has 3 aromatic carbocycles. The van der Waals surface area contributed by atoms with Gasteiger partial charge in [0.15, 0.2) is 0 Å². The topological polar surface area (TPSA) is 62.6 Å². The van der Waals surface area contributed by atoms with E-state index in [2.05, 4.69) is 18.9 Å². The van der Waals surface area contributed by atoms with E-state index in [0.717, 1.165) is 28.6 Å². The fourth-order valence-corrected chi connectivity index (χ4v) is 5.87. The molecule has 6 rings (SSSR count). The highest BCUT2D eigenvalue weighted by Gasteiger charge is 2.38. The highest BCUT2D eigenvalue weighted by molar-refractivity contribution is 5.75. The number of ether oxygens (including phenoxy) is 3. The van der Waals surface area contributed by atoms with Gasteiger partial charge in [0.1, 0.15) is 17.6 Å². The largest absolute Gasteiger partial charge is 0.492 e. The van der Waals surface area contributed by atoms with Crippen molar-refractivity contribution in [2.45, 2.75) is 57.2 Å². The lowest BCUT2D eigenvalue weighted by molar-refractivity contribution is -0.141. The average molecular weight is 577 g/mol. The quantitative estimate of drug-likeness (QED) is 0.210. The molecule has 0 radical (unpaired) electrons. The van der Waals surface area contributed by atoms with Crippen LogP contribution in [-0.2, 0) is 22.1 Å². The zero-order valence-electron chi connectivity index (χ0n) is 23.6. The normalized spacial score (nSPS) is 17.6. The fraction of sp³-hybridized carbons (Fsp3) is 0.333. The summed E-state index contributed by atoms with van der Waals surface area (Å²) in [5.41, 5.74) is 4.09. The van der Waals surface area contributed by atoms with E-state index < -0.39 is 17.8 Å². The number of fused-ring (bicyclic) bond motifs is 2. The predicted octanol–water partition coefficient (Wildman–Crippen LogP) is 7.79. The van der Waals surface area contributed by atoms with Crippen molar-refractivity contribution in [1.29, 1.82) is 0 Å². The SMILES string of the molecule is COC(=O)CC1COc2cc(OC3CCc4c3ccc(C(F)(F)F)c4-c3ccc(-n4ccc(C(C)C)n4)cc3)ccc21. The number of rotatable bonds is 7. The smallest absolute Gasteiger partial charge is 0.417 e. The summed E-state index contributed by atoms with van der Waals surface area (Å²) in [5, 5.41) is 4.58. The molecule has 218 valence electrons. The van der Waals surface area contributed by atoms with Crippen LogP contribution in [-0.4, -0.2) is 29.5 Å². The van der Waals surface area contributed by atoms with Crippen LogP contribution in [0.25, 0.3) is 16.8 Å². The second kappa shape index (κ2) is 10.9. The summed E-state index contributed by atoms with van der Waals surface area (Å²) in [5.74, 6) is 1.09. The minimum absolute atomic E-state index is 0.0889. The lowest BCUT2D eigenvalue weighted by Crippen LogP contribution is -2.10. The number of esters is 1. The molecule has 2 heterocycles. The Morgan fingerprint density at radius 3 is 2.52 bits per heavy atom. The molecule has 0 N–H and O–H groups in total. The molecule has 4 aromatic rings. The van der Waals surface area contributed by atoms with Crippen LogP contribution < -0.4 is 9.47 Å². The van der Waals surface area contributed by atoms with E-state index in [-0.39, 0.29) is 29.8 Å². The minimum atomic E-state index is -4.51. The van der Waals surface area contributed by atoms with Crippen LogP contribution in [0.2, 0.25) is 0 Å². The molecule has 1 aliphatic heterocycles. The van der Waals surface area contributed by atoms with E-state index in [1.54, 1.807) is 41.1 Å². The molecule has 6 nitrogen and oxygen atoms in total. The molecule has 2 atom stereocenters. The maximum absolute atomic E-state index is 14.2. The molecule has 1 aliphatic carbocycles. The van der Waals surface area contributed by atoms with E-state index in [4.69, 9.17) is 14.2 Å². The third-order valence-corrected chi connectivity index (χ3v) is 8.06. The molecule has 0 bridgehead atoms. The average Bonchev–Trinajstić information content (AvgIpc) is 3.71. The molecule has 0 saturated heterocycles. The first kappa shape index (κ1) is 27.9.